The van der Waals surface area contributed by atoms with Crippen LogP contribution >= 0.6 is 0 Å². The van der Waals surface area contributed by atoms with Gasteiger partial charge in [-0.3, -0.25) is 9.59 Å². The lowest BCUT2D eigenvalue weighted by atomic mass is 10.2. The van der Waals surface area contributed by atoms with E-state index in [0.29, 0.717) is 39.9 Å². The van der Waals surface area contributed by atoms with Crippen LogP contribution in [0.4, 0.5) is 11.4 Å². The molecular weight excluding hydrogens is 388 g/mol. The molecule has 8 heteroatoms. The maximum Gasteiger partial charge on any atom is 0.221 e. The highest BCUT2D eigenvalue weighted by molar-refractivity contribution is 5.91. The van der Waals surface area contributed by atoms with Crippen molar-refractivity contribution in [3.8, 4) is 23.0 Å². The summed E-state index contributed by atoms with van der Waals surface area (Å²) in [6.07, 6.45) is 0. The zero-order valence-electron chi connectivity index (χ0n) is 17.5. The quantitative estimate of drug-likeness (QED) is 0.577. The normalized spacial score (nSPS) is 10.0. The fourth-order valence-electron chi connectivity index (χ4n) is 2.50. The first-order valence-corrected chi connectivity index (χ1v) is 9.16. The lowest BCUT2D eigenvalue weighted by molar-refractivity contribution is -0.115. The molecule has 0 bridgehead atoms. The Bertz CT molecular complexity index is 852. The zero-order valence-corrected chi connectivity index (χ0v) is 17.5. The molecule has 0 unspecified atom stereocenters. The lowest BCUT2D eigenvalue weighted by Crippen LogP contribution is -2.13. The van der Waals surface area contributed by atoms with Gasteiger partial charge in [0.05, 0.1) is 25.6 Å². The molecule has 0 spiro atoms. The number of amides is 2. The Labute approximate surface area is 175 Å². The second-order valence-corrected chi connectivity index (χ2v) is 6.41. The summed E-state index contributed by atoms with van der Waals surface area (Å²) >= 11 is 0. The minimum Gasteiger partial charge on any atom is -0.497 e. The summed E-state index contributed by atoms with van der Waals surface area (Å²) in [7, 11) is 3.09. The predicted octanol–water partition coefficient (Wildman–Crippen LogP) is 3.63. The number of carbonyl (C=O) groups excluding carboxylic acids is 2. The first-order valence-electron chi connectivity index (χ1n) is 9.16. The highest BCUT2D eigenvalue weighted by Gasteiger charge is 2.11. The molecule has 30 heavy (non-hydrogen) atoms. The summed E-state index contributed by atoms with van der Waals surface area (Å²) in [6.45, 7) is 7.13. The number of hydrogen-bond acceptors (Lipinski definition) is 6. The molecule has 0 fully saturated rings. The molecule has 160 valence electrons. The fourth-order valence-corrected chi connectivity index (χ4v) is 2.50. The molecule has 0 heterocycles. The van der Waals surface area contributed by atoms with E-state index in [1.807, 2.05) is 0 Å². The van der Waals surface area contributed by atoms with Crippen LogP contribution in [0.3, 0.4) is 0 Å². The Kier molecular flexibility index (Phi) is 8.10. The third kappa shape index (κ3) is 6.73. The van der Waals surface area contributed by atoms with Crippen LogP contribution < -0.4 is 29.6 Å². The summed E-state index contributed by atoms with van der Waals surface area (Å²) < 4.78 is 21.9. The first-order chi connectivity index (χ1) is 14.3. The summed E-state index contributed by atoms with van der Waals surface area (Å²) in [6, 6.07) is 10.2. The molecule has 2 aromatic carbocycles. The maximum absolute atomic E-state index is 11.4. The van der Waals surface area contributed by atoms with E-state index in [-0.39, 0.29) is 25.0 Å². The van der Waals surface area contributed by atoms with Crippen LogP contribution in [0.15, 0.2) is 48.6 Å². The van der Waals surface area contributed by atoms with E-state index in [1.54, 1.807) is 50.6 Å². The number of ether oxygens (including phenoxy) is 4. The Morgan fingerprint density at radius 2 is 1.20 bits per heavy atom. The van der Waals surface area contributed by atoms with Crippen molar-refractivity contribution >= 4 is 23.2 Å². The number of rotatable bonds is 10. The van der Waals surface area contributed by atoms with Crippen molar-refractivity contribution in [2.24, 2.45) is 0 Å². The van der Waals surface area contributed by atoms with Gasteiger partial charge in [-0.15, -0.1) is 0 Å². The minimum atomic E-state index is -0.222. The molecule has 2 N–H and O–H groups in total. The zero-order chi connectivity index (χ0) is 22.1. The largest absolute Gasteiger partial charge is 0.497 e. The van der Waals surface area contributed by atoms with Crippen LogP contribution in [0, 0.1) is 0 Å². The standard InChI is InChI=1S/C22H26N2O6/c1-14(12-29-21-8-6-17(27-4)10-19(21)23-15(2)25)13-30-22-9-7-18(28-5)11-20(22)24-16(3)26/h6-11H,1,12-13H2,2-5H3,(H,23,25)(H,24,26). The number of hydrogen-bond donors (Lipinski definition) is 2. The van der Waals surface area contributed by atoms with Crippen molar-refractivity contribution < 1.29 is 28.5 Å². The van der Waals surface area contributed by atoms with Gasteiger partial charge in [-0.25, -0.2) is 0 Å². The van der Waals surface area contributed by atoms with Gasteiger partial charge in [0.2, 0.25) is 11.8 Å². The van der Waals surface area contributed by atoms with Gasteiger partial charge in [0.25, 0.3) is 0 Å². The molecule has 2 aromatic rings. The topological polar surface area (TPSA) is 95.1 Å². The van der Waals surface area contributed by atoms with E-state index in [2.05, 4.69) is 17.2 Å². The van der Waals surface area contributed by atoms with Gasteiger partial charge < -0.3 is 29.6 Å². The van der Waals surface area contributed by atoms with Crippen molar-refractivity contribution in [1.82, 2.24) is 0 Å². The lowest BCUT2D eigenvalue weighted by Gasteiger charge is -2.16. The van der Waals surface area contributed by atoms with Crippen molar-refractivity contribution in [2.45, 2.75) is 13.8 Å². The monoisotopic (exact) mass is 414 g/mol. The number of nitrogens with one attached hydrogen (secondary N) is 2. The van der Waals surface area contributed by atoms with Crippen LogP contribution in [-0.4, -0.2) is 39.2 Å². The molecule has 0 aliphatic carbocycles. The van der Waals surface area contributed by atoms with E-state index < -0.39 is 0 Å². The van der Waals surface area contributed by atoms with E-state index in [1.165, 1.54) is 13.8 Å². The van der Waals surface area contributed by atoms with Crippen molar-refractivity contribution in [2.75, 3.05) is 38.1 Å². The molecule has 2 amide bonds. The van der Waals surface area contributed by atoms with E-state index >= 15 is 0 Å². The number of carbonyl (C=O) groups is 2. The Balaban J connectivity index is 2.00. The molecule has 0 aliphatic rings. The molecule has 2 rings (SSSR count). The number of anilines is 2. The van der Waals surface area contributed by atoms with E-state index in [0.717, 1.165) is 0 Å². The fraction of sp³-hybridized carbons (Fsp3) is 0.273. The van der Waals surface area contributed by atoms with E-state index in [9.17, 15) is 9.59 Å². The van der Waals surface area contributed by atoms with Gasteiger partial charge in [0.1, 0.15) is 36.2 Å². The molecule has 0 saturated carbocycles. The Morgan fingerprint density at radius 1 is 0.800 bits per heavy atom. The molecular formula is C22H26N2O6. The Hall–Kier alpha value is -3.68. The average Bonchev–Trinajstić information content (AvgIpc) is 2.70. The highest BCUT2D eigenvalue weighted by atomic mass is 16.5. The summed E-state index contributed by atoms with van der Waals surface area (Å²) in [5.41, 5.74) is 1.65. The SMILES string of the molecule is C=C(COc1ccc(OC)cc1NC(C)=O)COc1ccc(OC)cc1NC(C)=O. The molecule has 0 aromatic heterocycles. The van der Waals surface area contributed by atoms with Crippen molar-refractivity contribution in [1.29, 1.82) is 0 Å². The third-order valence-corrected chi connectivity index (χ3v) is 3.86. The van der Waals surface area contributed by atoms with Crippen LogP contribution in [0.1, 0.15) is 13.8 Å². The van der Waals surface area contributed by atoms with Crippen LogP contribution in [0.2, 0.25) is 0 Å². The smallest absolute Gasteiger partial charge is 0.221 e. The van der Waals surface area contributed by atoms with Crippen molar-refractivity contribution in [3.05, 3.63) is 48.6 Å². The summed E-state index contributed by atoms with van der Waals surface area (Å²) in [5, 5.41) is 5.42. The second kappa shape index (κ2) is 10.8. The predicted molar refractivity (Wildman–Crippen MR) is 115 cm³/mol. The summed E-state index contributed by atoms with van der Waals surface area (Å²) in [4.78, 5) is 22.9. The maximum atomic E-state index is 11.4. The number of methoxy groups -OCH3 is 2. The van der Waals surface area contributed by atoms with Crippen LogP contribution in [-0.2, 0) is 9.59 Å². The number of benzene rings is 2. The first kappa shape index (κ1) is 22.6. The van der Waals surface area contributed by atoms with Gasteiger partial charge in [-0.1, -0.05) is 6.58 Å². The van der Waals surface area contributed by atoms with Gasteiger partial charge in [-0.2, -0.15) is 0 Å². The summed E-state index contributed by atoms with van der Waals surface area (Å²) in [5.74, 6) is 1.71. The van der Waals surface area contributed by atoms with Crippen molar-refractivity contribution in [3.63, 3.8) is 0 Å². The van der Waals surface area contributed by atoms with Gasteiger partial charge in [0.15, 0.2) is 0 Å². The molecule has 0 saturated heterocycles. The van der Waals surface area contributed by atoms with Crippen LogP contribution in [0.25, 0.3) is 0 Å². The second-order valence-electron chi connectivity index (χ2n) is 6.41. The average molecular weight is 414 g/mol. The molecule has 0 aliphatic heterocycles. The van der Waals surface area contributed by atoms with Crippen LogP contribution in [0.5, 0.6) is 23.0 Å². The Morgan fingerprint density at radius 3 is 1.53 bits per heavy atom. The van der Waals surface area contributed by atoms with E-state index in [4.69, 9.17) is 18.9 Å². The van der Waals surface area contributed by atoms with Gasteiger partial charge in [-0.05, 0) is 29.8 Å². The van der Waals surface area contributed by atoms with Gasteiger partial charge in [0, 0.05) is 26.0 Å². The molecule has 0 radical (unpaired) electrons. The minimum absolute atomic E-state index is 0.171. The van der Waals surface area contributed by atoms with Gasteiger partial charge >= 0.3 is 0 Å². The highest BCUT2D eigenvalue weighted by Crippen LogP contribution is 2.31. The third-order valence-electron chi connectivity index (χ3n) is 3.86. The molecule has 0 atom stereocenters. The molecule has 8 nitrogen and oxygen atoms in total.